The second kappa shape index (κ2) is 8.61. The summed E-state index contributed by atoms with van der Waals surface area (Å²) in [5.41, 5.74) is 0. The average Bonchev–Trinajstić information content (AvgIpc) is 2.65. The van der Waals surface area contributed by atoms with E-state index in [4.69, 9.17) is 0 Å². The van der Waals surface area contributed by atoms with E-state index in [1.165, 1.54) is 0 Å². The summed E-state index contributed by atoms with van der Waals surface area (Å²) < 4.78 is 21.3. The van der Waals surface area contributed by atoms with Gasteiger partial charge in [0.05, 0.1) is 0 Å². The smallest absolute Gasteiger partial charge is 0.388 e. The summed E-state index contributed by atoms with van der Waals surface area (Å²) in [7, 11) is -5.42. The van der Waals surface area contributed by atoms with Gasteiger partial charge in [0.15, 0.2) is 0 Å². The van der Waals surface area contributed by atoms with Crippen LogP contribution in [-0.2, 0) is 13.6 Å². The Morgan fingerprint density at radius 1 is 0.571 bits per heavy atom. The fraction of sp³-hybridized carbons (Fsp3) is 1.00. The van der Waals surface area contributed by atoms with Crippen LogP contribution in [0, 0.1) is 4.91 Å². The minimum atomic E-state index is -5.42. The molecule has 0 aromatic carbocycles. The van der Waals surface area contributed by atoms with Crippen molar-refractivity contribution in [2.45, 2.75) is 73.2 Å². The van der Waals surface area contributed by atoms with Crippen LogP contribution in [-0.4, -0.2) is 124 Å². The molecule has 15 nitrogen and oxygen atoms in total. The lowest BCUT2D eigenvalue weighted by molar-refractivity contribution is -0.222. The molecule has 0 aliphatic heterocycles. The van der Waals surface area contributed by atoms with Gasteiger partial charge >= 0.3 is 7.82 Å². The van der Waals surface area contributed by atoms with E-state index in [0.29, 0.717) is 0 Å². The molecule has 0 aromatic heterocycles. The van der Waals surface area contributed by atoms with Crippen LogP contribution in [0.1, 0.15) is 0 Å². The van der Waals surface area contributed by atoms with Crippen LogP contribution in [0.4, 0.5) is 0 Å². The van der Waals surface area contributed by atoms with Gasteiger partial charge in [-0.3, -0.25) is 9.05 Å². The molecule has 10 N–H and O–H groups in total. The summed E-state index contributed by atoms with van der Waals surface area (Å²) in [6.45, 7) is 0. The van der Waals surface area contributed by atoms with Crippen LogP contribution in [0.15, 0.2) is 5.18 Å². The zero-order chi connectivity index (χ0) is 21.5. The minimum absolute atomic E-state index is 2.00. The molecule has 8 unspecified atom stereocenters. The Morgan fingerprint density at radius 3 is 1.32 bits per heavy atom. The Labute approximate surface area is 156 Å². The maximum absolute atomic E-state index is 12.2. The molecule has 0 bridgehead atoms. The van der Waals surface area contributed by atoms with E-state index in [0.717, 1.165) is 0 Å². The second-order valence-electron chi connectivity index (χ2n) is 6.62. The van der Waals surface area contributed by atoms with Gasteiger partial charge in [-0.2, -0.15) is 4.91 Å². The average molecular weight is 435 g/mol. The Morgan fingerprint density at radius 2 is 0.893 bits per heavy atom. The Hall–Kier alpha value is -0.650. The van der Waals surface area contributed by atoms with Crippen molar-refractivity contribution in [2.24, 2.45) is 5.18 Å². The molecule has 0 aromatic rings. The van der Waals surface area contributed by atoms with Gasteiger partial charge < -0.3 is 50.9 Å². The van der Waals surface area contributed by atoms with Crippen molar-refractivity contribution in [3.05, 3.63) is 4.91 Å². The highest BCUT2D eigenvalue weighted by Crippen LogP contribution is 2.50. The predicted octanol–water partition coefficient (Wildman–Crippen LogP) is -5.73. The molecule has 2 saturated carbocycles. The normalized spacial score (nSPS) is 52.1. The summed E-state index contributed by atoms with van der Waals surface area (Å²) in [6, 6.07) is -2.02. The maximum Gasteiger partial charge on any atom is 0.473 e. The summed E-state index contributed by atoms with van der Waals surface area (Å²) in [6.07, 6.45) is -23.2. The van der Waals surface area contributed by atoms with Gasteiger partial charge in [0.1, 0.15) is 73.2 Å². The number of phosphoric ester groups is 1. The Balaban J connectivity index is 2.20. The van der Waals surface area contributed by atoms with Crippen LogP contribution in [0.5, 0.6) is 0 Å². The van der Waals surface area contributed by atoms with Crippen molar-refractivity contribution in [1.29, 1.82) is 0 Å². The van der Waals surface area contributed by atoms with Crippen LogP contribution < -0.4 is 0 Å². The number of rotatable bonds is 5. The van der Waals surface area contributed by atoms with Crippen LogP contribution in [0.2, 0.25) is 0 Å². The lowest BCUT2D eigenvalue weighted by Crippen LogP contribution is -2.64. The lowest BCUT2D eigenvalue weighted by Gasteiger charge is -2.43. The minimum Gasteiger partial charge on any atom is -0.388 e. The fourth-order valence-corrected chi connectivity index (χ4v) is 4.26. The van der Waals surface area contributed by atoms with Crippen molar-refractivity contribution >= 4 is 7.82 Å². The molecule has 16 heteroatoms. The molecule has 0 spiro atoms. The van der Waals surface area contributed by atoms with Crippen LogP contribution in [0.3, 0.4) is 0 Å². The van der Waals surface area contributed by atoms with Crippen molar-refractivity contribution in [3.63, 3.8) is 0 Å². The quantitative estimate of drug-likeness (QED) is 0.142. The van der Waals surface area contributed by atoms with E-state index in [1.54, 1.807) is 0 Å². The van der Waals surface area contributed by atoms with Gasteiger partial charge in [0.25, 0.3) is 0 Å². The second-order valence-corrected chi connectivity index (χ2v) is 7.98. The van der Waals surface area contributed by atoms with Gasteiger partial charge in [-0.15, -0.1) is 0 Å². The predicted molar refractivity (Wildman–Crippen MR) is 83.2 cm³/mol. The van der Waals surface area contributed by atoms with E-state index in [9.17, 15) is 60.3 Å². The van der Waals surface area contributed by atoms with Crippen molar-refractivity contribution < 1.29 is 64.5 Å². The number of aliphatic hydroxyl groups excluding tert-OH is 9. The van der Waals surface area contributed by atoms with E-state index in [2.05, 4.69) is 14.2 Å². The van der Waals surface area contributed by atoms with Gasteiger partial charge in [-0.05, 0) is 0 Å². The summed E-state index contributed by atoms with van der Waals surface area (Å²) >= 11 is 0. The molecule has 0 amide bonds. The zero-order valence-corrected chi connectivity index (χ0v) is 14.8. The molecule has 0 saturated heterocycles. The molecule has 0 radical (unpaired) electrons. The highest BCUT2D eigenvalue weighted by atomic mass is 31.2. The molecular formula is C12H22NO14P. The number of aliphatic hydroxyl groups is 9. The first-order valence-corrected chi connectivity index (χ1v) is 9.48. The molecule has 2 rings (SSSR count). The summed E-state index contributed by atoms with van der Waals surface area (Å²) in [5, 5.41) is 89.4. The first kappa shape index (κ1) is 23.6. The first-order chi connectivity index (χ1) is 12.8. The van der Waals surface area contributed by atoms with Gasteiger partial charge in [-0.1, -0.05) is 5.18 Å². The number of hydrogen-bond acceptors (Lipinski definition) is 14. The van der Waals surface area contributed by atoms with E-state index >= 15 is 0 Å². The number of phosphoric acid groups is 1. The highest BCUT2D eigenvalue weighted by molar-refractivity contribution is 7.47. The van der Waals surface area contributed by atoms with Gasteiger partial charge in [0, 0.05) is 0 Å². The first-order valence-electron chi connectivity index (χ1n) is 7.98. The van der Waals surface area contributed by atoms with E-state index in [-0.39, 0.29) is 0 Å². The molecule has 164 valence electrons. The third kappa shape index (κ3) is 4.27. The van der Waals surface area contributed by atoms with Crippen molar-refractivity contribution in [1.82, 2.24) is 0 Å². The van der Waals surface area contributed by atoms with Gasteiger partial charge in [0.2, 0.25) is 0 Å². The standard InChI is InChI=1S/C12H22NO14P/c14-2-1(13-23)11(8(20)5(17)3(2)15)26-28(24,25)27-12-9(21)6(18)4(16)7(19)10(12)22/h1-12,14-22H,(H,24,25)/t1-,2+,3?,4?,5+,6?,7?,8?,9+,10?,11-,12?/m1/s1. The third-order valence-electron chi connectivity index (χ3n) is 4.78. The molecule has 2 fully saturated rings. The topological polar surface area (TPSA) is 267 Å². The van der Waals surface area contributed by atoms with Gasteiger partial charge in [-0.25, -0.2) is 4.57 Å². The molecule has 2 aliphatic rings. The monoisotopic (exact) mass is 435 g/mol. The Bertz CT molecular complexity index is 593. The lowest BCUT2D eigenvalue weighted by atomic mass is 9.84. The molecule has 13 atom stereocenters. The highest BCUT2D eigenvalue weighted by Gasteiger charge is 2.55. The third-order valence-corrected chi connectivity index (χ3v) is 5.80. The molecular weight excluding hydrogens is 413 g/mol. The Kier molecular flexibility index (Phi) is 7.26. The van der Waals surface area contributed by atoms with Crippen molar-refractivity contribution in [3.8, 4) is 0 Å². The number of hydrogen-bond donors (Lipinski definition) is 10. The van der Waals surface area contributed by atoms with E-state index in [1.807, 2.05) is 0 Å². The largest absolute Gasteiger partial charge is 0.473 e. The maximum atomic E-state index is 12.2. The summed E-state index contributed by atoms with van der Waals surface area (Å²) in [5.74, 6) is 0. The molecule has 0 heterocycles. The van der Waals surface area contributed by atoms with Crippen LogP contribution in [0.25, 0.3) is 0 Å². The van der Waals surface area contributed by atoms with Crippen LogP contribution >= 0.6 is 7.82 Å². The van der Waals surface area contributed by atoms with E-state index < -0.39 is 81.0 Å². The molecule has 2 aliphatic carbocycles. The number of nitrogens with zero attached hydrogens (tertiary/aromatic N) is 1. The van der Waals surface area contributed by atoms with Crippen molar-refractivity contribution in [2.75, 3.05) is 0 Å². The SMILES string of the molecule is O=N[C@@H]1[C@H](O)C(O)[C@H](O)C(O)[C@@H]1OP(=O)(O)OC1C(O)C(O)C(O)C(O)[C@@H]1O. The fourth-order valence-electron chi connectivity index (χ4n) is 3.10. The molecule has 28 heavy (non-hydrogen) atoms. The summed E-state index contributed by atoms with van der Waals surface area (Å²) in [4.78, 5) is 20.7. The number of nitroso groups, excluding NO2 is 1. The zero-order valence-electron chi connectivity index (χ0n) is 13.9.